The number of carboxylic acid groups (broad SMARTS) is 1. The quantitative estimate of drug-likeness (QED) is 0.795. The van der Waals surface area contributed by atoms with E-state index in [1.807, 2.05) is 29.3 Å². The standard InChI is InChI=1S/C20H23FN2O3S/c1-13-9-15(20(25)26)11-23(10-13)12-18(24)22-19(17-3-2-8-27-17)14-4-6-16(21)7-5-14/h2-8,13,15,19H,9-12H2,1H3,(H,22,24)(H,25,26). The monoisotopic (exact) mass is 390 g/mol. The van der Waals surface area contributed by atoms with Crippen LogP contribution in [0.4, 0.5) is 4.39 Å². The lowest BCUT2D eigenvalue weighted by Gasteiger charge is -2.34. The third kappa shape index (κ3) is 5.14. The summed E-state index contributed by atoms with van der Waals surface area (Å²) in [4.78, 5) is 26.9. The number of nitrogens with zero attached hydrogens (tertiary/aromatic N) is 1. The lowest BCUT2D eigenvalue weighted by molar-refractivity contribution is -0.145. The van der Waals surface area contributed by atoms with Gasteiger partial charge in [0.15, 0.2) is 0 Å². The van der Waals surface area contributed by atoms with E-state index in [0.717, 1.165) is 10.4 Å². The Morgan fingerprint density at radius 2 is 2.04 bits per heavy atom. The van der Waals surface area contributed by atoms with Crippen molar-refractivity contribution in [2.75, 3.05) is 19.6 Å². The fourth-order valence-electron chi connectivity index (χ4n) is 3.61. The van der Waals surface area contributed by atoms with Crippen LogP contribution in [0.1, 0.15) is 29.8 Å². The van der Waals surface area contributed by atoms with Gasteiger partial charge < -0.3 is 10.4 Å². The highest BCUT2D eigenvalue weighted by Gasteiger charge is 2.30. The number of piperidine rings is 1. The first-order chi connectivity index (χ1) is 12.9. The van der Waals surface area contributed by atoms with Crippen molar-refractivity contribution < 1.29 is 19.1 Å². The Balaban J connectivity index is 1.69. The lowest BCUT2D eigenvalue weighted by Crippen LogP contribution is -2.47. The summed E-state index contributed by atoms with van der Waals surface area (Å²) in [6, 6.07) is 9.59. The number of carboxylic acids is 1. The zero-order valence-electron chi connectivity index (χ0n) is 15.1. The molecule has 1 aliphatic heterocycles. The number of carbonyl (C=O) groups is 2. The smallest absolute Gasteiger partial charge is 0.307 e. The minimum Gasteiger partial charge on any atom is -0.481 e. The SMILES string of the molecule is CC1CC(C(=O)O)CN(CC(=O)NC(c2ccc(F)cc2)c2cccs2)C1. The third-order valence-electron chi connectivity index (χ3n) is 4.79. The van der Waals surface area contributed by atoms with Crippen molar-refractivity contribution in [2.24, 2.45) is 11.8 Å². The molecular formula is C20H23FN2O3S. The van der Waals surface area contributed by atoms with Gasteiger partial charge in [0.05, 0.1) is 18.5 Å². The third-order valence-corrected chi connectivity index (χ3v) is 5.73. The maximum Gasteiger partial charge on any atom is 0.307 e. The summed E-state index contributed by atoms with van der Waals surface area (Å²) in [5, 5.41) is 14.2. The van der Waals surface area contributed by atoms with Gasteiger partial charge in [-0.3, -0.25) is 14.5 Å². The van der Waals surface area contributed by atoms with Crippen LogP contribution in [0, 0.1) is 17.7 Å². The fraction of sp³-hybridized carbons (Fsp3) is 0.400. The number of thiophene rings is 1. The number of amides is 1. The number of rotatable bonds is 6. The van der Waals surface area contributed by atoms with E-state index < -0.39 is 11.9 Å². The van der Waals surface area contributed by atoms with Gasteiger partial charge in [0.25, 0.3) is 0 Å². The molecule has 0 aliphatic carbocycles. The molecule has 0 bridgehead atoms. The van der Waals surface area contributed by atoms with E-state index in [1.54, 1.807) is 12.1 Å². The Bertz CT molecular complexity index is 779. The van der Waals surface area contributed by atoms with Gasteiger partial charge in [0, 0.05) is 18.0 Å². The van der Waals surface area contributed by atoms with Crippen molar-refractivity contribution in [3.63, 3.8) is 0 Å². The molecule has 0 saturated carbocycles. The number of carbonyl (C=O) groups excluding carboxylic acids is 1. The maximum absolute atomic E-state index is 13.3. The van der Waals surface area contributed by atoms with Crippen molar-refractivity contribution in [2.45, 2.75) is 19.4 Å². The highest BCUT2D eigenvalue weighted by Crippen LogP contribution is 2.27. The molecule has 3 rings (SSSR count). The van der Waals surface area contributed by atoms with Gasteiger partial charge in [-0.05, 0) is 41.5 Å². The largest absolute Gasteiger partial charge is 0.481 e. The Labute approximate surface area is 161 Å². The summed E-state index contributed by atoms with van der Waals surface area (Å²) < 4.78 is 13.3. The van der Waals surface area contributed by atoms with Gasteiger partial charge in [-0.2, -0.15) is 0 Å². The predicted molar refractivity (Wildman–Crippen MR) is 102 cm³/mol. The van der Waals surface area contributed by atoms with Crippen LogP contribution in [0.3, 0.4) is 0 Å². The topological polar surface area (TPSA) is 69.6 Å². The number of likely N-dealkylation sites (tertiary alicyclic amines) is 1. The number of nitrogens with one attached hydrogen (secondary N) is 1. The highest BCUT2D eigenvalue weighted by atomic mass is 32.1. The maximum atomic E-state index is 13.3. The molecule has 1 fully saturated rings. The zero-order chi connectivity index (χ0) is 19.4. The van der Waals surface area contributed by atoms with E-state index >= 15 is 0 Å². The summed E-state index contributed by atoms with van der Waals surface area (Å²) in [6.45, 7) is 3.24. The molecule has 3 unspecified atom stereocenters. The van der Waals surface area contributed by atoms with E-state index in [-0.39, 0.29) is 30.2 Å². The number of hydrogen-bond donors (Lipinski definition) is 2. The molecule has 0 spiro atoms. The molecule has 1 aromatic heterocycles. The van der Waals surface area contributed by atoms with Crippen molar-refractivity contribution >= 4 is 23.2 Å². The van der Waals surface area contributed by atoms with Gasteiger partial charge in [-0.1, -0.05) is 25.1 Å². The fourth-order valence-corrected chi connectivity index (χ4v) is 4.41. The molecule has 1 aromatic carbocycles. The van der Waals surface area contributed by atoms with E-state index in [2.05, 4.69) is 5.32 Å². The lowest BCUT2D eigenvalue weighted by atomic mass is 9.90. The van der Waals surface area contributed by atoms with E-state index in [0.29, 0.717) is 19.5 Å². The van der Waals surface area contributed by atoms with Crippen LogP contribution in [0.15, 0.2) is 41.8 Å². The Morgan fingerprint density at radius 1 is 1.30 bits per heavy atom. The molecule has 1 aliphatic rings. The predicted octanol–water partition coefficient (Wildman–Crippen LogP) is 3.14. The zero-order valence-corrected chi connectivity index (χ0v) is 15.9. The minimum absolute atomic E-state index is 0.150. The molecule has 0 radical (unpaired) electrons. The second-order valence-electron chi connectivity index (χ2n) is 7.14. The van der Waals surface area contributed by atoms with Crippen LogP contribution in [0.5, 0.6) is 0 Å². The summed E-state index contributed by atoms with van der Waals surface area (Å²) >= 11 is 1.52. The van der Waals surface area contributed by atoms with E-state index in [9.17, 15) is 19.1 Å². The number of hydrogen-bond acceptors (Lipinski definition) is 4. The molecule has 7 heteroatoms. The van der Waals surface area contributed by atoms with Gasteiger partial charge in [-0.15, -0.1) is 11.3 Å². The van der Waals surface area contributed by atoms with Gasteiger partial charge in [-0.25, -0.2) is 4.39 Å². The summed E-state index contributed by atoms with van der Waals surface area (Å²) in [7, 11) is 0. The van der Waals surface area contributed by atoms with Crippen molar-refractivity contribution in [3.05, 3.63) is 58.0 Å². The molecule has 2 N–H and O–H groups in total. The first kappa shape index (κ1) is 19.5. The van der Waals surface area contributed by atoms with E-state index in [4.69, 9.17) is 0 Å². The molecule has 5 nitrogen and oxygen atoms in total. The summed E-state index contributed by atoms with van der Waals surface area (Å²) in [5.41, 5.74) is 0.808. The average Bonchev–Trinajstić information content (AvgIpc) is 3.14. The molecular weight excluding hydrogens is 367 g/mol. The first-order valence-corrected chi connectivity index (χ1v) is 9.83. The Hall–Kier alpha value is -2.25. The molecule has 3 atom stereocenters. The number of aliphatic carboxylic acids is 1. The molecule has 2 aromatic rings. The Kier molecular flexibility index (Phi) is 6.23. The number of benzene rings is 1. The van der Waals surface area contributed by atoms with Gasteiger partial charge >= 0.3 is 5.97 Å². The highest BCUT2D eigenvalue weighted by molar-refractivity contribution is 7.10. The molecule has 27 heavy (non-hydrogen) atoms. The molecule has 1 saturated heterocycles. The molecule has 1 amide bonds. The Morgan fingerprint density at radius 3 is 2.67 bits per heavy atom. The van der Waals surface area contributed by atoms with E-state index in [1.165, 1.54) is 23.5 Å². The molecule has 144 valence electrons. The minimum atomic E-state index is -0.810. The van der Waals surface area contributed by atoms with Crippen LogP contribution in [-0.4, -0.2) is 41.5 Å². The van der Waals surface area contributed by atoms with Gasteiger partial charge in [0.1, 0.15) is 5.82 Å². The van der Waals surface area contributed by atoms with Crippen molar-refractivity contribution in [1.29, 1.82) is 0 Å². The van der Waals surface area contributed by atoms with Crippen molar-refractivity contribution in [1.82, 2.24) is 10.2 Å². The van der Waals surface area contributed by atoms with Crippen LogP contribution in [0.25, 0.3) is 0 Å². The second kappa shape index (κ2) is 8.63. The summed E-state index contributed by atoms with van der Waals surface area (Å²) in [6.07, 6.45) is 0.640. The number of halogens is 1. The van der Waals surface area contributed by atoms with Crippen LogP contribution in [-0.2, 0) is 9.59 Å². The van der Waals surface area contributed by atoms with Gasteiger partial charge in [0.2, 0.25) is 5.91 Å². The van der Waals surface area contributed by atoms with Crippen molar-refractivity contribution in [3.8, 4) is 0 Å². The molecule has 2 heterocycles. The normalized spacial score (nSPS) is 21.6. The second-order valence-corrected chi connectivity index (χ2v) is 8.12. The average molecular weight is 390 g/mol. The van der Waals surface area contributed by atoms with Crippen LogP contribution in [0.2, 0.25) is 0 Å². The van der Waals surface area contributed by atoms with Crippen LogP contribution < -0.4 is 5.32 Å². The summed E-state index contributed by atoms with van der Waals surface area (Å²) in [5.74, 6) is -1.51. The first-order valence-electron chi connectivity index (χ1n) is 8.95. The van der Waals surface area contributed by atoms with Crippen LogP contribution >= 0.6 is 11.3 Å².